The highest BCUT2D eigenvalue weighted by atomic mass is 31.2. The molecule has 3 aromatic carbocycles. The Morgan fingerprint density at radius 1 is 0.587 bits per heavy atom. The van der Waals surface area contributed by atoms with Gasteiger partial charge in [-0.3, -0.25) is 9.13 Å². The first-order valence-electron chi connectivity index (χ1n) is 17.2. The third-order valence-electron chi connectivity index (χ3n) is 8.71. The van der Waals surface area contributed by atoms with Crippen LogP contribution in [0.5, 0.6) is 0 Å². The molecule has 3 rings (SSSR count). The first-order valence-corrected chi connectivity index (χ1v) is 20.6. The molecule has 2 unspecified atom stereocenters. The van der Waals surface area contributed by atoms with Crippen molar-refractivity contribution in [2.75, 3.05) is 32.6 Å². The van der Waals surface area contributed by atoms with E-state index in [1.54, 1.807) is 0 Å². The maximum Gasteiger partial charge on any atom is 0.333 e. The molecule has 2 atom stereocenters. The average Bonchev–Trinajstić information content (AvgIpc) is 3.07. The molecule has 0 aliphatic carbocycles. The van der Waals surface area contributed by atoms with Gasteiger partial charge in [-0.2, -0.15) is 0 Å². The fourth-order valence-corrected chi connectivity index (χ4v) is 10.8. The van der Waals surface area contributed by atoms with Gasteiger partial charge in [-0.15, -0.1) is 0 Å². The van der Waals surface area contributed by atoms with Gasteiger partial charge in [0.05, 0.1) is 38.2 Å². The van der Waals surface area contributed by atoms with Crippen molar-refractivity contribution in [3.63, 3.8) is 0 Å². The molecular weight excluding hydrogens is 614 g/mol. The van der Waals surface area contributed by atoms with Gasteiger partial charge >= 0.3 is 15.2 Å². The lowest BCUT2D eigenvalue weighted by molar-refractivity contribution is 0.202. The summed E-state index contributed by atoms with van der Waals surface area (Å²) in [7, 11) is -7.08. The van der Waals surface area contributed by atoms with Gasteiger partial charge in [0.25, 0.3) is 0 Å². The third kappa shape index (κ3) is 10.7. The number of rotatable bonds is 23. The van der Waals surface area contributed by atoms with Gasteiger partial charge in [0.15, 0.2) is 0 Å². The van der Waals surface area contributed by atoms with E-state index in [0.717, 1.165) is 36.8 Å². The molecule has 0 spiro atoms. The van der Waals surface area contributed by atoms with E-state index in [9.17, 15) is 9.13 Å². The predicted molar refractivity (Wildman–Crippen MR) is 191 cm³/mol. The Morgan fingerprint density at radius 3 is 1.52 bits per heavy atom. The first-order chi connectivity index (χ1) is 22.3. The van der Waals surface area contributed by atoms with E-state index in [1.165, 1.54) is 12.0 Å². The minimum Gasteiger partial charge on any atom is -0.309 e. The van der Waals surface area contributed by atoms with Crippen LogP contribution in [-0.4, -0.2) is 38.2 Å². The molecule has 0 saturated heterocycles. The topological polar surface area (TPSA) is 71.1 Å². The number of hydrogen-bond acceptors (Lipinski definition) is 6. The smallest absolute Gasteiger partial charge is 0.309 e. The van der Waals surface area contributed by atoms with Gasteiger partial charge in [0, 0.05) is 5.41 Å². The molecule has 46 heavy (non-hydrogen) atoms. The van der Waals surface area contributed by atoms with Crippen molar-refractivity contribution in [1.29, 1.82) is 0 Å². The molecule has 6 nitrogen and oxygen atoms in total. The van der Waals surface area contributed by atoms with Crippen LogP contribution in [0.2, 0.25) is 0 Å². The largest absolute Gasteiger partial charge is 0.333 e. The minimum absolute atomic E-state index is 0.127. The zero-order valence-corrected chi connectivity index (χ0v) is 30.4. The number of unbranched alkanes of at least 4 members (excludes halogenated alkanes) is 2. The zero-order valence-electron chi connectivity index (χ0n) is 28.6. The number of benzene rings is 3. The van der Waals surface area contributed by atoms with Crippen molar-refractivity contribution in [1.82, 2.24) is 0 Å². The number of hydrogen-bond donors (Lipinski definition) is 0. The van der Waals surface area contributed by atoms with Gasteiger partial charge in [-0.1, -0.05) is 117 Å². The highest BCUT2D eigenvalue weighted by Crippen LogP contribution is 2.61. The SMILES string of the molecule is CCCCCC(CC(CC(CCP(=O)(OCC)OCC)P(=O)(OCC)OCC)(c1ccccc1)c1ccccc1)c1ccccc1. The van der Waals surface area contributed by atoms with E-state index in [-0.39, 0.29) is 38.5 Å². The van der Waals surface area contributed by atoms with E-state index >= 15 is 0 Å². The molecule has 0 bridgehead atoms. The maximum absolute atomic E-state index is 14.8. The van der Waals surface area contributed by atoms with Crippen LogP contribution in [0.15, 0.2) is 91.0 Å². The summed E-state index contributed by atoms with van der Waals surface area (Å²) in [5.74, 6) is 0.255. The van der Waals surface area contributed by atoms with E-state index in [4.69, 9.17) is 18.1 Å². The molecule has 3 aromatic rings. The summed E-state index contributed by atoms with van der Waals surface area (Å²) in [5, 5.41) is 0. The Morgan fingerprint density at radius 2 is 1.07 bits per heavy atom. The normalized spacial score (nSPS) is 13.8. The van der Waals surface area contributed by atoms with Crippen LogP contribution in [0.25, 0.3) is 0 Å². The van der Waals surface area contributed by atoms with Crippen LogP contribution in [-0.2, 0) is 32.6 Å². The van der Waals surface area contributed by atoms with Crippen molar-refractivity contribution in [2.24, 2.45) is 0 Å². The highest BCUT2D eigenvalue weighted by Gasteiger charge is 2.46. The second kappa shape index (κ2) is 19.7. The van der Waals surface area contributed by atoms with Gasteiger partial charge in [0.1, 0.15) is 0 Å². The Balaban J connectivity index is 2.26. The Labute approximate surface area is 278 Å². The van der Waals surface area contributed by atoms with Crippen LogP contribution in [0.4, 0.5) is 0 Å². The van der Waals surface area contributed by atoms with Crippen LogP contribution >= 0.6 is 15.2 Å². The second-order valence-electron chi connectivity index (χ2n) is 11.8. The monoisotopic (exact) mass is 670 g/mol. The van der Waals surface area contributed by atoms with Gasteiger partial charge in [-0.05, 0) is 76.0 Å². The summed E-state index contributed by atoms with van der Waals surface area (Å²) in [4.78, 5) is 0. The molecule has 0 amide bonds. The summed E-state index contributed by atoms with van der Waals surface area (Å²) in [6, 6.07) is 32.0. The summed E-state index contributed by atoms with van der Waals surface area (Å²) < 4.78 is 52.1. The fraction of sp³-hybridized carbons (Fsp3) is 0.526. The second-order valence-corrected chi connectivity index (χ2v) is 16.3. The van der Waals surface area contributed by atoms with Crippen LogP contribution in [0, 0.1) is 0 Å². The maximum atomic E-state index is 14.8. The fourth-order valence-electron chi connectivity index (χ4n) is 6.66. The molecule has 0 radical (unpaired) electrons. The minimum atomic E-state index is -3.66. The van der Waals surface area contributed by atoms with Gasteiger partial charge in [-0.25, -0.2) is 0 Å². The van der Waals surface area contributed by atoms with Crippen LogP contribution in [0.1, 0.15) is 102 Å². The summed E-state index contributed by atoms with van der Waals surface area (Å²) >= 11 is 0. The Bertz CT molecular complexity index is 1280. The standard InChI is InChI=1S/C38H56O6P2/c1-6-11-15-24-34(33-22-16-12-17-23-33)31-38(35-25-18-13-19-26-35,36-27-20-14-21-28-36)32-37(46(40,43-9-4)44-10-5)29-30-45(39,41-7-2)42-8-3/h12-14,16-23,25-28,34,37H,6-11,15,24,29-32H2,1-5H3. The van der Waals surface area contributed by atoms with Crippen molar-refractivity contribution < 1.29 is 27.2 Å². The van der Waals surface area contributed by atoms with E-state index in [2.05, 4.69) is 85.8 Å². The molecule has 0 aliphatic heterocycles. The molecule has 0 aromatic heterocycles. The van der Waals surface area contributed by atoms with Crippen LogP contribution < -0.4 is 0 Å². The molecule has 0 aliphatic rings. The van der Waals surface area contributed by atoms with E-state index in [1.807, 2.05) is 39.8 Å². The van der Waals surface area contributed by atoms with Gasteiger partial charge < -0.3 is 18.1 Å². The van der Waals surface area contributed by atoms with Crippen molar-refractivity contribution in [2.45, 2.75) is 96.6 Å². The lowest BCUT2D eigenvalue weighted by Gasteiger charge is -2.42. The van der Waals surface area contributed by atoms with Crippen molar-refractivity contribution in [3.05, 3.63) is 108 Å². The van der Waals surface area contributed by atoms with Crippen LogP contribution in [0.3, 0.4) is 0 Å². The molecule has 0 heterocycles. The first kappa shape index (κ1) is 38.4. The van der Waals surface area contributed by atoms with Crippen molar-refractivity contribution >= 4 is 15.2 Å². The molecule has 8 heteroatoms. The lowest BCUT2D eigenvalue weighted by Crippen LogP contribution is -2.35. The quantitative estimate of drug-likeness (QED) is 0.0739. The lowest BCUT2D eigenvalue weighted by atomic mass is 9.64. The average molecular weight is 671 g/mol. The van der Waals surface area contributed by atoms with E-state index < -0.39 is 26.3 Å². The predicted octanol–water partition coefficient (Wildman–Crippen LogP) is 11.4. The Hall–Kier alpha value is -2.04. The molecule has 254 valence electrons. The Kier molecular flexibility index (Phi) is 16.5. The molecule has 0 fully saturated rings. The summed E-state index contributed by atoms with van der Waals surface area (Å²) in [5.41, 5.74) is 2.50. The van der Waals surface area contributed by atoms with Gasteiger partial charge in [0.2, 0.25) is 0 Å². The molecule has 0 saturated carbocycles. The summed E-state index contributed by atoms with van der Waals surface area (Å²) in [6.07, 6.45) is 6.21. The van der Waals surface area contributed by atoms with E-state index in [0.29, 0.717) is 12.8 Å². The molecular formula is C38H56O6P2. The van der Waals surface area contributed by atoms with Crippen molar-refractivity contribution in [3.8, 4) is 0 Å². The third-order valence-corrected chi connectivity index (χ3v) is 13.4. The summed E-state index contributed by atoms with van der Waals surface area (Å²) in [6.45, 7) is 10.6. The molecule has 0 N–H and O–H groups in total. The highest BCUT2D eigenvalue weighted by molar-refractivity contribution is 7.55. The zero-order chi connectivity index (χ0) is 33.3.